The number of amides is 1. The first kappa shape index (κ1) is 21.6. The number of benzene rings is 1. The molecule has 0 aliphatic carbocycles. The SMILES string of the molecule is CN(c1ccc(C2=CC(=C3C(=O)Nc4cc(F)ccc43)OC2(C)C)cn1)C1CCS(=O)(=O)C1. The van der Waals surface area contributed by atoms with Crippen LogP contribution in [-0.2, 0) is 19.4 Å². The molecule has 0 saturated carbocycles. The van der Waals surface area contributed by atoms with E-state index in [1.54, 1.807) is 12.3 Å². The van der Waals surface area contributed by atoms with Crippen LogP contribution in [0.4, 0.5) is 15.9 Å². The molecule has 1 aromatic carbocycles. The Labute approximate surface area is 191 Å². The van der Waals surface area contributed by atoms with Gasteiger partial charge < -0.3 is 15.0 Å². The smallest absolute Gasteiger partial charge is 0.260 e. The maximum absolute atomic E-state index is 13.6. The van der Waals surface area contributed by atoms with Gasteiger partial charge in [0.25, 0.3) is 5.91 Å². The van der Waals surface area contributed by atoms with E-state index in [4.69, 9.17) is 4.74 Å². The molecular weight excluding hydrogens is 445 g/mol. The van der Waals surface area contributed by atoms with Crippen LogP contribution in [0.25, 0.3) is 11.1 Å². The summed E-state index contributed by atoms with van der Waals surface area (Å²) in [6, 6.07) is 7.89. The summed E-state index contributed by atoms with van der Waals surface area (Å²) in [5.41, 5.74) is 2.39. The van der Waals surface area contributed by atoms with Gasteiger partial charge in [0, 0.05) is 36.0 Å². The second-order valence-electron chi connectivity index (χ2n) is 9.13. The van der Waals surface area contributed by atoms with Crippen LogP contribution in [0.3, 0.4) is 0 Å². The number of carbonyl (C=O) groups excluding carboxylic acids is 1. The number of ether oxygens (including phenoxy) is 1. The molecule has 4 heterocycles. The van der Waals surface area contributed by atoms with Crippen molar-refractivity contribution in [1.82, 2.24) is 4.98 Å². The van der Waals surface area contributed by atoms with Gasteiger partial charge in [0.1, 0.15) is 23.0 Å². The van der Waals surface area contributed by atoms with Crippen molar-refractivity contribution in [2.24, 2.45) is 0 Å². The third kappa shape index (κ3) is 3.80. The first-order valence-corrected chi connectivity index (χ1v) is 12.5. The van der Waals surface area contributed by atoms with E-state index >= 15 is 0 Å². The molecule has 172 valence electrons. The summed E-state index contributed by atoms with van der Waals surface area (Å²) in [6.45, 7) is 3.82. The van der Waals surface area contributed by atoms with Gasteiger partial charge in [0.05, 0.1) is 22.8 Å². The summed E-state index contributed by atoms with van der Waals surface area (Å²) in [6.07, 6.45) is 4.16. The summed E-state index contributed by atoms with van der Waals surface area (Å²) in [4.78, 5) is 19.1. The van der Waals surface area contributed by atoms with Crippen molar-refractivity contribution in [3.8, 4) is 0 Å². The summed E-state index contributed by atoms with van der Waals surface area (Å²) in [7, 11) is -1.12. The van der Waals surface area contributed by atoms with Gasteiger partial charge in [0.2, 0.25) is 0 Å². The number of hydrogen-bond donors (Lipinski definition) is 1. The Kier molecular flexibility index (Phi) is 4.86. The predicted octanol–water partition coefficient (Wildman–Crippen LogP) is 3.40. The molecule has 1 amide bonds. The lowest BCUT2D eigenvalue weighted by Gasteiger charge is -2.26. The molecule has 0 radical (unpaired) electrons. The zero-order valence-corrected chi connectivity index (χ0v) is 19.4. The maximum Gasteiger partial charge on any atom is 0.260 e. The highest BCUT2D eigenvalue weighted by Gasteiger charge is 2.38. The maximum atomic E-state index is 13.6. The van der Waals surface area contributed by atoms with E-state index in [9.17, 15) is 17.6 Å². The number of anilines is 2. The Morgan fingerprint density at radius 1 is 1.24 bits per heavy atom. The van der Waals surface area contributed by atoms with E-state index in [1.165, 1.54) is 12.1 Å². The van der Waals surface area contributed by atoms with Gasteiger partial charge in [-0.15, -0.1) is 0 Å². The number of sulfone groups is 1. The van der Waals surface area contributed by atoms with E-state index in [-0.39, 0.29) is 23.5 Å². The lowest BCUT2D eigenvalue weighted by Crippen LogP contribution is -2.33. The number of allylic oxidation sites excluding steroid dienone is 1. The Hall–Kier alpha value is -3.20. The van der Waals surface area contributed by atoms with Gasteiger partial charge in [0.15, 0.2) is 9.84 Å². The largest absolute Gasteiger partial charge is 0.482 e. The monoisotopic (exact) mass is 469 g/mol. The molecule has 9 heteroatoms. The molecule has 1 unspecified atom stereocenters. The quantitative estimate of drug-likeness (QED) is 0.694. The Bertz CT molecular complexity index is 1330. The van der Waals surface area contributed by atoms with Gasteiger partial charge >= 0.3 is 0 Å². The highest BCUT2D eigenvalue weighted by molar-refractivity contribution is 7.91. The van der Waals surface area contributed by atoms with Crippen molar-refractivity contribution < 1.29 is 22.3 Å². The zero-order valence-electron chi connectivity index (χ0n) is 18.6. The lowest BCUT2D eigenvalue weighted by atomic mass is 9.93. The van der Waals surface area contributed by atoms with E-state index < -0.39 is 21.3 Å². The molecule has 1 N–H and O–H groups in total. The number of nitrogens with one attached hydrogen (secondary N) is 1. The topological polar surface area (TPSA) is 88.6 Å². The number of fused-ring (bicyclic) bond motifs is 1. The molecular formula is C24H24FN3O4S. The van der Waals surface area contributed by atoms with Crippen LogP contribution in [0.5, 0.6) is 0 Å². The van der Waals surface area contributed by atoms with Crippen molar-refractivity contribution >= 4 is 38.4 Å². The number of halogens is 1. The standard InChI is InChI=1S/C24H24FN3O4S/c1-24(2)18(11-20(32-24)22-17-6-5-15(25)10-19(17)27-23(22)29)14-4-7-21(26-12-14)28(3)16-8-9-33(30,31)13-16/h4-7,10-12,16H,8-9,13H2,1-3H3,(H,27,29). The van der Waals surface area contributed by atoms with Crippen LogP contribution in [0.15, 0.2) is 48.4 Å². The van der Waals surface area contributed by atoms with Crippen molar-refractivity contribution in [2.75, 3.05) is 28.8 Å². The minimum atomic E-state index is -2.98. The highest BCUT2D eigenvalue weighted by Crippen LogP contribution is 2.44. The lowest BCUT2D eigenvalue weighted by molar-refractivity contribution is -0.111. The van der Waals surface area contributed by atoms with Gasteiger partial charge in [-0.05, 0) is 56.7 Å². The van der Waals surface area contributed by atoms with Crippen LogP contribution in [0.2, 0.25) is 0 Å². The minimum absolute atomic E-state index is 0.0825. The van der Waals surface area contributed by atoms with Crippen molar-refractivity contribution in [2.45, 2.75) is 31.9 Å². The van der Waals surface area contributed by atoms with E-state index in [2.05, 4.69) is 10.3 Å². The summed E-state index contributed by atoms with van der Waals surface area (Å²) < 4.78 is 43.4. The number of rotatable bonds is 3. The number of hydrogen-bond acceptors (Lipinski definition) is 6. The molecule has 0 bridgehead atoms. The van der Waals surface area contributed by atoms with Crippen LogP contribution < -0.4 is 10.2 Å². The number of pyridine rings is 1. The Morgan fingerprint density at radius 3 is 2.70 bits per heavy atom. The molecule has 1 fully saturated rings. The van der Waals surface area contributed by atoms with Crippen molar-refractivity contribution in [1.29, 1.82) is 0 Å². The molecule has 2 aromatic rings. The molecule has 3 aliphatic heterocycles. The van der Waals surface area contributed by atoms with E-state index in [1.807, 2.05) is 44.0 Å². The van der Waals surface area contributed by atoms with E-state index in [0.717, 1.165) is 11.1 Å². The number of nitrogens with zero attached hydrogens (tertiary/aromatic N) is 2. The molecule has 5 rings (SSSR count). The van der Waals surface area contributed by atoms with Crippen LogP contribution in [0.1, 0.15) is 31.4 Å². The van der Waals surface area contributed by atoms with Gasteiger partial charge in [-0.2, -0.15) is 0 Å². The second-order valence-corrected chi connectivity index (χ2v) is 11.4. The molecule has 3 aliphatic rings. The Morgan fingerprint density at radius 2 is 2.03 bits per heavy atom. The molecule has 0 spiro atoms. The van der Waals surface area contributed by atoms with Crippen LogP contribution in [0, 0.1) is 5.82 Å². The first-order valence-electron chi connectivity index (χ1n) is 10.7. The van der Waals surface area contributed by atoms with Gasteiger partial charge in [-0.25, -0.2) is 17.8 Å². The molecule has 1 atom stereocenters. The van der Waals surface area contributed by atoms with Crippen LogP contribution >= 0.6 is 0 Å². The van der Waals surface area contributed by atoms with Crippen LogP contribution in [-0.4, -0.2) is 49.5 Å². The summed E-state index contributed by atoms with van der Waals surface area (Å²) in [5, 5.41) is 2.69. The predicted molar refractivity (Wildman–Crippen MR) is 125 cm³/mol. The third-order valence-electron chi connectivity index (χ3n) is 6.44. The second kappa shape index (κ2) is 7.41. The number of carbonyl (C=O) groups is 1. The number of aromatic nitrogens is 1. The Balaban J connectivity index is 1.47. The van der Waals surface area contributed by atoms with Gasteiger partial charge in [-0.1, -0.05) is 0 Å². The fourth-order valence-corrected chi connectivity index (χ4v) is 6.40. The summed E-state index contributed by atoms with van der Waals surface area (Å²) in [5.74, 6) is 0.719. The third-order valence-corrected chi connectivity index (χ3v) is 8.19. The van der Waals surface area contributed by atoms with Crippen molar-refractivity contribution in [3.63, 3.8) is 0 Å². The fourth-order valence-electron chi connectivity index (χ4n) is 4.63. The minimum Gasteiger partial charge on any atom is -0.482 e. The first-order chi connectivity index (χ1) is 15.5. The molecule has 1 aromatic heterocycles. The average molecular weight is 470 g/mol. The normalized spacial score (nSPS) is 24.8. The molecule has 7 nitrogen and oxygen atoms in total. The molecule has 1 saturated heterocycles. The fraction of sp³-hybridized carbons (Fsp3) is 0.333. The van der Waals surface area contributed by atoms with E-state index in [0.29, 0.717) is 34.8 Å². The van der Waals surface area contributed by atoms with Gasteiger partial charge in [-0.3, -0.25) is 4.79 Å². The highest BCUT2D eigenvalue weighted by atomic mass is 32.2. The zero-order chi connectivity index (χ0) is 23.5. The molecule has 33 heavy (non-hydrogen) atoms. The van der Waals surface area contributed by atoms with Crippen molar-refractivity contribution in [3.05, 3.63) is 65.3 Å². The average Bonchev–Trinajstić information content (AvgIpc) is 3.38. The summed E-state index contributed by atoms with van der Waals surface area (Å²) >= 11 is 0.